The number of aromatic amines is 1. The second-order valence-electron chi connectivity index (χ2n) is 3.42. The van der Waals surface area contributed by atoms with Gasteiger partial charge < -0.3 is 5.32 Å². The van der Waals surface area contributed by atoms with E-state index in [0.717, 1.165) is 17.2 Å². The summed E-state index contributed by atoms with van der Waals surface area (Å²) in [4.78, 5) is 0. The lowest BCUT2D eigenvalue weighted by Crippen LogP contribution is -1.90. The van der Waals surface area contributed by atoms with Gasteiger partial charge >= 0.3 is 0 Å². The molecule has 0 bridgehead atoms. The van der Waals surface area contributed by atoms with E-state index in [9.17, 15) is 0 Å². The Labute approximate surface area is 83.2 Å². The van der Waals surface area contributed by atoms with Gasteiger partial charge in [-0.05, 0) is 31.5 Å². The van der Waals surface area contributed by atoms with E-state index in [1.54, 1.807) is 0 Å². The number of hydrogen-bond acceptors (Lipinski definition) is 2. The quantitative estimate of drug-likeness (QED) is 0.759. The van der Waals surface area contributed by atoms with E-state index in [-0.39, 0.29) is 0 Å². The standard InChI is InChI=1S/C11H13N3/c1-8-4-3-5-10(6-8)12-11-7-9(2)13-14-11/h3-7H,1-2H3,(H2,12,13,14). The Balaban J connectivity index is 2.18. The average molecular weight is 187 g/mol. The molecule has 0 unspecified atom stereocenters. The van der Waals surface area contributed by atoms with Gasteiger partial charge in [0.05, 0.1) is 5.69 Å². The first-order valence-electron chi connectivity index (χ1n) is 4.60. The van der Waals surface area contributed by atoms with Crippen molar-refractivity contribution in [1.29, 1.82) is 0 Å². The third-order valence-corrected chi connectivity index (χ3v) is 2.00. The van der Waals surface area contributed by atoms with Crippen molar-refractivity contribution in [2.24, 2.45) is 0 Å². The molecule has 2 N–H and O–H groups in total. The van der Waals surface area contributed by atoms with Crippen LogP contribution >= 0.6 is 0 Å². The minimum atomic E-state index is 0.924. The summed E-state index contributed by atoms with van der Waals surface area (Å²) in [5.41, 5.74) is 3.31. The lowest BCUT2D eigenvalue weighted by Gasteiger charge is -2.03. The van der Waals surface area contributed by atoms with E-state index in [0.29, 0.717) is 0 Å². The number of aryl methyl sites for hydroxylation is 2. The summed E-state index contributed by atoms with van der Waals surface area (Å²) in [6, 6.07) is 10.2. The highest BCUT2D eigenvalue weighted by Crippen LogP contribution is 2.15. The zero-order chi connectivity index (χ0) is 9.97. The largest absolute Gasteiger partial charge is 0.341 e. The smallest absolute Gasteiger partial charge is 0.126 e. The molecule has 3 nitrogen and oxygen atoms in total. The molecule has 0 saturated heterocycles. The number of hydrogen-bond donors (Lipinski definition) is 2. The molecule has 2 rings (SSSR count). The Hall–Kier alpha value is -1.77. The van der Waals surface area contributed by atoms with Crippen LogP contribution in [0, 0.1) is 13.8 Å². The molecule has 0 saturated carbocycles. The van der Waals surface area contributed by atoms with Gasteiger partial charge in [-0.25, -0.2) is 0 Å². The predicted molar refractivity (Wildman–Crippen MR) is 57.8 cm³/mol. The first kappa shape index (κ1) is 8.81. The number of anilines is 2. The van der Waals surface area contributed by atoms with E-state index in [4.69, 9.17) is 0 Å². The van der Waals surface area contributed by atoms with Crippen LogP contribution in [-0.4, -0.2) is 10.2 Å². The van der Waals surface area contributed by atoms with Crippen molar-refractivity contribution >= 4 is 11.5 Å². The van der Waals surface area contributed by atoms with Crippen LogP contribution < -0.4 is 5.32 Å². The molecule has 0 amide bonds. The maximum atomic E-state index is 4.05. The highest BCUT2D eigenvalue weighted by molar-refractivity contribution is 5.56. The molecule has 1 aromatic carbocycles. The summed E-state index contributed by atoms with van der Waals surface area (Å²) in [5.74, 6) is 0.924. The Morgan fingerprint density at radius 2 is 2.07 bits per heavy atom. The van der Waals surface area contributed by atoms with Crippen LogP contribution in [0.1, 0.15) is 11.3 Å². The summed E-state index contributed by atoms with van der Waals surface area (Å²) < 4.78 is 0. The highest BCUT2D eigenvalue weighted by Gasteiger charge is 1.97. The van der Waals surface area contributed by atoms with Gasteiger partial charge in [0.2, 0.25) is 0 Å². The number of nitrogens with zero attached hydrogens (tertiary/aromatic N) is 1. The van der Waals surface area contributed by atoms with Crippen LogP contribution in [0.4, 0.5) is 11.5 Å². The summed E-state index contributed by atoms with van der Waals surface area (Å²) >= 11 is 0. The molecular formula is C11H13N3. The van der Waals surface area contributed by atoms with Crippen molar-refractivity contribution in [3.8, 4) is 0 Å². The second kappa shape index (κ2) is 3.54. The van der Waals surface area contributed by atoms with Gasteiger partial charge in [-0.1, -0.05) is 12.1 Å². The summed E-state index contributed by atoms with van der Waals surface area (Å²) in [5, 5.41) is 10.2. The summed E-state index contributed by atoms with van der Waals surface area (Å²) in [6.45, 7) is 4.03. The monoisotopic (exact) mass is 187 g/mol. The maximum absolute atomic E-state index is 4.05. The number of H-pyrrole nitrogens is 1. The molecule has 2 aromatic rings. The molecule has 0 aliphatic rings. The van der Waals surface area contributed by atoms with Crippen LogP contribution in [-0.2, 0) is 0 Å². The highest BCUT2D eigenvalue weighted by atomic mass is 15.2. The zero-order valence-electron chi connectivity index (χ0n) is 8.33. The van der Waals surface area contributed by atoms with Crippen molar-refractivity contribution in [2.45, 2.75) is 13.8 Å². The molecule has 0 atom stereocenters. The SMILES string of the molecule is Cc1cccc(Nc2cc(C)n[nH]2)c1. The second-order valence-corrected chi connectivity index (χ2v) is 3.42. The molecule has 1 heterocycles. The van der Waals surface area contributed by atoms with E-state index in [1.807, 2.05) is 25.1 Å². The number of benzene rings is 1. The molecule has 1 aromatic heterocycles. The van der Waals surface area contributed by atoms with Gasteiger partial charge in [0, 0.05) is 11.8 Å². The molecule has 14 heavy (non-hydrogen) atoms. The topological polar surface area (TPSA) is 40.7 Å². The van der Waals surface area contributed by atoms with E-state index >= 15 is 0 Å². The predicted octanol–water partition coefficient (Wildman–Crippen LogP) is 2.77. The Morgan fingerprint density at radius 1 is 1.21 bits per heavy atom. The minimum absolute atomic E-state index is 0.924. The summed E-state index contributed by atoms with van der Waals surface area (Å²) in [7, 11) is 0. The van der Waals surface area contributed by atoms with Gasteiger partial charge in [0.15, 0.2) is 0 Å². The average Bonchev–Trinajstić information content (AvgIpc) is 2.51. The Bertz CT molecular complexity index is 432. The molecule has 0 fully saturated rings. The van der Waals surface area contributed by atoms with Gasteiger partial charge in [-0.2, -0.15) is 5.10 Å². The number of aromatic nitrogens is 2. The van der Waals surface area contributed by atoms with Crippen LogP contribution in [0.3, 0.4) is 0 Å². The van der Waals surface area contributed by atoms with Crippen LogP contribution in [0.25, 0.3) is 0 Å². The van der Waals surface area contributed by atoms with E-state index in [2.05, 4.69) is 34.6 Å². The van der Waals surface area contributed by atoms with Gasteiger partial charge in [-0.15, -0.1) is 0 Å². The minimum Gasteiger partial charge on any atom is -0.341 e. The fourth-order valence-corrected chi connectivity index (χ4v) is 1.36. The van der Waals surface area contributed by atoms with Crippen molar-refractivity contribution in [1.82, 2.24) is 10.2 Å². The normalized spacial score (nSPS) is 10.1. The van der Waals surface area contributed by atoms with Gasteiger partial charge in [-0.3, -0.25) is 5.10 Å². The van der Waals surface area contributed by atoms with E-state index < -0.39 is 0 Å². The molecule has 0 radical (unpaired) electrons. The maximum Gasteiger partial charge on any atom is 0.126 e. The first-order chi connectivity index (χ1) is 6.74. The van der Waals surface area contributed by atoms with E-state index in [1.165, 1.54) is 5.56 Å². The molecular weight excluding hydrogens is 174 g/mol. The van der Waals surface area contributed by atoms with Crippen molar-refractivity contribution in [3.05, 3.63) is 41.6 Å². The van der Waals surface area contributed by atoms with Gasteiger partial charge in [0.1, 0.15) is 5.82 Å². The third kappa shape index (κ3) is 1.93. The number of rotatable bonds is 2. The molecule has 0 spiro atoms. The Morgan fingerprint density at radius 3 is 2.71 bits per heavy atom. The summed E-state index contributed by atoms with van der Waals surface area (Å²) in [6.07, 6.45) is 0. The van der Waals surface area contributed by atoms with Crippen molar-refractivity contribution in [3.63, 3.8) is 0 Å². The fourth-order valence-electron chi connectivity index (χ4n) is 1.36. The molecule has 0 aliphatic heterocycles. The number of nitrogens with one attached hydrogen (secondary N) is 2. The zero-order valence-corrected chi connectivity index (χ0v) is 8.33. The van der Waals surface area contributed by atoms with Crippen LogP contribution in [0.15, 0.2) is 30.3 Å². The van der Waals surface area contributed by atoms with Crippen LogP contribution in [0.2, 0.25) is 0 Å². The third-order valence-electron chi connectivity index (χ3n) is 2.00. The lowest BCUT2D eigenvalue weighted by molar-refractivity contribution is 1.05. The van der Waals surface area contributed by atoms with Crippen LogP contribution in [0.5, 0.6) is 0 Å². The fraction of sp³-hybridized carbons (Fsp3) is 0.182. The van der Waals surface area contributed by atoms with Crippen molar-refractivity contribution in [2.75, 3.05) is 5.32 Å². The molecule has 3 heteroatoms. The van der Waals surface area contributed by atoms with Crippen molar-refractivity contribution < 1.29 is 0 Å². The first-order valence-corrected chi connectivity index (χ1v) is 4.60. The lowest BCUT2D eigenvalue weighted by atomic mass is 10.2. The Kier molecular flexibility index (Phi) is 2.23. The molecule has 0 aliphatic carbocycles. The molecule has 72 valence electrons. The van der Waals surface area contributed by atoms with Gasteiger partial charge in [0.25, 0.3) is 0 Å².